The number of aromatic nitrogens is 1. The van der Waals surface area contributed by atoms with Gasteiger partial charge in [-0.15, -0.1) is 0 Å². The summed E-state index contributed by atoms with van der Waals surface area (Å²) in [6.45, 7) is 4.80. The molecule has 0 saturated heterocycles. The molecule has 1 unspecified atom stereocenters. The molecule has 8 heteroatoms. The zero-order valence-corrected chi connectivity index (χ0v) is 16.6. The SMILES string of the molecule is CC(OC(=O)[C@H]1[C@H](C=C(F)C(F)(F)F)C1(C)C)c1cccc(Oc2ccccc2)n1. The molecule has 0 N–H and O–H groups in total. The summed E-state index contributed by atoms with van der Waals surface area (Å²) in [5.74, 6) is -3.75. The van der Waals surface area contributed by atoms with Crippen molar-refractivity contribution in [3.05, 3.63) is 66.1 Å². The maximum absolute atomic E-state index is 13.3. The van der Waals surface area contributed by atoms with Crippen LogP contribution in [0.3, 0.4) is 0 Å². The Morgan fingerprint density at radius 2 is 1.80 bits per heavy atom. The summed E-state index contributed by atoms with van der Waals surface area (Å²) in [7, 11) is 0. The second kappa shape index (κ2) is 8.08. The highest BCUT2D eigenvalue weighted by atomic mass is 19.4. The Kier molecular flexibility index (Phi) is 5.87. The van der Waals surface area contributed by atoms with Crippen LogP contribution in [0.4, 0.5) is 17.6 Å². The van der Waals surface area contributed by atoms with Crippen LogP contribution < -0.4 is 4.74 Å². The number of halogens is 4. The van der Waals surface area contributed by atoms with Gasteiger partial charge in [-0.25, -0.2) is 9.37 Å². The van der Waals surface area contributed by atoms with Crippen LogP contribution in [-0.4, -0.2) is 17.1 Å². The molecule has 1 heterocycles. The van der Waals surface area contributed by atoms with E-state index in [0.29, 0.717) is 23.4 Å². The fourth-order valence-corrected chi connectivity index (χ4v) is 3.32. The number of pyridine rings is 1. The first-order chi connectivity index (χ1) is 14.0. The van der Waals surface area contributed by atoms with Crippen LogP contribution in [0.25, 0.3) is 0 Å². The predicted molar refractivity (Wildman–Crippen MR) is 101 cm³/mol. The molecule has 0 bridgehead atoms. The van der Waals surface area contributed by atoms with Crippen molar-refractivity contribution in [1.29, 1.82) is 0 Å². The van der Waals surface area contributed by atoms with Crippen molar-refractivity contribution in [2.24, 2.45) is 17.3 Å². The van der Waals surface area contributed by atoms with Crippen molar-refractivity contribution in [1.82, 2.24) is 4.98 Å². The molecular weight excluding hydrogens is 402 g/mol. The Balaban J connectivity index is 1.67. The van der Waals surface area contributed by atoms with E-state index >= 15 is 0 Å². The number of hydrogen-bond donors (Lipinski definition) is 0. The van der Waals surface area contributed by atoms with Gasteiger partial charge < -0.3 is 9.47 Å². The lowest BCUT2D eigenvalue weighted by atomic mass is 10.1. The lowest BCUT2D eigenvalue weighted by molar-refractivity contribution is -0.151. The number of hydrogen-bond acceptors (Lipinski definition) is 4. The minimum atomic E-state index is -5.07. The number of carbonyl (C=O) groups excluding carboxylic acids is 1. The van der Waals surface area contributed by atoms with Crippen LogP contribution in [0.5, 0.6) is 11.6 Å². The van der Waals surface area contributed by atoms with Gasteiger partial charge in [0.1, 0.15) is 11.9 Å². The second-order valence-electron chi connectivity index (χ2n) is 7.73. The Morgan fingerprint density at radius 3 is 2.43 bits per heavy atom. The number of allylic oxidation sites excluding steroid dienone is 2. The van der Waals surface area contributed by atoms with E-state index in [1.54, 1.807) is 51.1 Å². The molecule has 0 amide bonds. The number of nitrogens with zero attached hydrogens (tertiary/aromatic N) is 1. The summed E-state index contributed by atoms with van der Waals surface area (Å²) in [5.41, 5.74) is -0.408. The number of para-hydroxylation sites is 1. The third-order valence-corrected chi connectivity index (χ3v) is 5.18. The second-order valence-corrected chi connectivity index (χ2v) is 7.73. The molecule has 30 heavy (non-hydrogen) atoms. The van der Waals surface area contributed by atoms with Crippen molar-refractivity contribution in [3.8, 4) is 11.6 Å². The first-order valence-corrected chi connectivity index (χ1v) is 9.35. The van der Waals surface area contributed by atoms with Gasteiger partial charge in [0.25, 0.3) is 0 Å². The summed E-state index contributed by atoms with van der Waals surface area (Å²) in [4.78, 5) is 16.8. The average Bonchev–Trinajstić information content (AvgIpc) is 3.22. The third kappa shape index (κ3) is 4.80. The van der Waals surface area contributed by atoms with E-state index in [4.69, 9.17) is 9.47 Å². The number of benzene rings is 1. The maximum atomic E-state index is 13.3. The van der Waals surface area contributed by atoms with Gasteiger partial charge in [-0.05, 0) is 42.5 Å². The smallest absolute Gasteiger partial charge is 0.442 e. The quantitative estimate of drug-likeness (QED) is 0.412. The fourth-order valence-electron chi connectivity index (χ4n) is 3.32. The van der Waals surface area contributed by atoms with Crippen molar-refractivity contribution in [2.45, 2.75) is 33.1 Å². The molecule has 1 aromatic heterocycles. The third-order valence-electron chi connectivity index (χ3n) is 5.18. The van der Waals surface area contributed by atoms with Gasteiger partial charge in [0, 0.05) is 6.07 Å². The summed E-state index contributed by atoms with van der Waals surface area (Å²) in [5, 5.41) is 0. The molecule has 0 aliphatic heterocycles. The maximum Gasteiger partial charge on any atom is 0.442 e. The molecule has 1 fully saturated rings. The number of carbonyl (C=O) groups is 1. The first kappa shape index (κ1) is 21.8. The van der Waals surface area contributed by atoms with Crippen molar-refractivity contribution < 1.29 is 31.8 Å². The molecule has 160 valence electrons. The zero-order chi connectivity index (χ0) is 22.1. The summed E-state index contributed by atoms with van der Waals surface area (Å²) in [6.07, 6.45) is -5.36. The zero-order valence-electron chi connectivity index (χ0n) is 16.6. The molecule has 1 aliphatic rings. The molecule has 1 saturated carbocycles. The number of esters is 1. The lowest BCUT2D eigenvalue weighted by Crippen LogP contribution is -2.14. The minimum Gasteiger partial charge on any atom is -0.456 e. The van der Waals surface area contributed by atoms with Crippen molar-refractivity contribution >= 4 is 5.97 Å². The molecule has 3 rings (SSSR count). The summed E-state index contributed by atoms with van der Waals surface area (Å²) >= 11 is 0. The molecule has 1 aromatic carbocycles. The highest BCUT2D eigenvalue weighted by molar-refractivity contribution is 5.78. The van der Waals surface area contributed by atoms with Gasteiger partial charge in [-0.1, -0.05) is 38.1 Å². The highest BCUT2D eigenvalue weighted by Crippen LogP contribution is 2.60. The van der Waals surface area contributed by atoms with E-state index in [-0.39, 0.29) is 0 Å². The number of ether oxygens (including phenoxy) is 2. The van der Waals surface area contributed by atoms with Crippen LogP contribution in [-0.2, 0) is 9.53 Å². The van der Waals surface area contributed by atoms with Gasteiger partial charge >= 0.3 is 12.1 Å². The van der Waals surface area contributed by atoms with Gasteiger partial charge in [-0.3, -0.25) is 4.79 Å². The first-order valence-electron chi connectivity index (χ1n) is 9.35. The monoisotopic (exact) mass is 423 g/mol. The van der Waals surface area contributed by atoms with Gasteiger partial charge in [0.2, 0.25) is 5.88 Å². The van der Waals surface area contributed by atoms with Crippen LogP contribution >= 0.6 is 0 Å². The highest BCUT2D eigenvalue weighted by Gasteiger charge is 2.62. The van der Waals surface area contributed by atoms with Gasteiger partial charge in [0.05, 0.1) is 11.6 Å². The van der Waals surface area contributed by atoms with Crippen LogP contribution in [0, 0.1) is 17.3 Å². The molecular formula is C22H21F4NO3. The number of alkyl halides is 3. The molecule has 2 aromatic rings. The van der Waals surface area contributed by atoms with E-state index in [9.17, 15) is 22.4 Å². The lowest BCUT2D eigenvalue weighted by Gasteiger charge is -2.14. The number of rotatable bonds is 6. The standard InChI is InChI=1S/C22H21F4NO3/c1-13(16-10-7-11-18(27-16)30-14-8-5-4-6-9-14)29-20(28)19-15(21(19,2)3)12-17(23)22(24,25)26/h4-13,15,19H,1-3H3/t13?,15-,19+/m0/s1. The van der Waals surface area contributed by atoms with E-state index in [2.05, 4.69) is 4.98 Å². The Labute approximate surface area is 171 Å². The molecule has 3 atom stereocenters. The molecule has 0 radical (unpaired) electrons. The average molecular weight is 423 g/mol. The normalized spacial score (nSPS) is 21.6. The Hall–Kier alpha value is -2.90. The topological polar surface area (TPSA) is 48.4 Å². The van der Waals surface area contributed by atoms with E-state index in [1.807, 2.05) is 18.2 Å². The molecule has 1 aliphatic carbocycles. The van der Waals surface area contributed by atoms with Gasteiger partial charge in [-0.2, -0.15) is 13.2 Å². The molecule has 0 spiro atoms. The Morgan fingerprint density at radius 1 is 1.13 bits per heavy atom. The minimum absolute atomic E-state index is 0.307. The summed E-state index contributed by atoms with van der Waals surface area (Å²) in [6, 6.07) is 14.0. The summed E-state index contributed by atoms with van der Waals surface area (Å²) < 4.78 is 61.7. The Bertz CT molecular complexity index is 941. The molecule has 4 nitrogen and oxygen atoms in total. The van der Waals surface area contributed by atoms with Crippen LogP contribution in [0.1, 0.15) is 32.6 Å². The van der Waals surface area contributed by atoms with E-state index in [0.717, 1.165) is 0 Å². The van der Waals surface area contributed by atoms with Gasteiger partial charge in [0.15, 0.2) is 5.83 Å². The van der Waals surface area contributed by atoms with E-state index in [1.165, 1.54) is 0 Å². The van der Waals surface area contributed by atoms with Crippen LogP contribution in [0.15, 0.2) is 60.4 Å². The van der Waals surface area contributed by atoms with Crippen molar-refractivity contribution in [2.75, 3.05) is 0 Å². The van der Waals surface area contributed by atoms with Crippen LogP contribution in [0.2, 0.25) is 0 Å². The predicted octanol–water partition coefficient (Wildman–Crippen LogP) is 6.17. The fraction of sp³-hybridized carbons (Fsp3) is 0.364. The largest absolute Gasteiger partial charge is 0.456 e. The van der Waals surface area contributed by atoms with Crippen molar-refractivity contribution in [3.63, 3.8) is 0 Å². The van der Waals surface area contributed by atoms with E-state index < -0.39 is 41.3 Å².